The first kappa shape index (κ1) is 16.6. The molecule has 4 rings (SSSR count). The van der Waals surface area contributed by atoms with Crippen LogP contribution in [0.4, 0.5) is 0 Å². The lowest BCUT2D eigenvalue weighted by Gasteiger charge is -2.20. The summed E-state index contributed by atoms with van der Waals surface area (Å²) in [7, 11) is 2.03. The molecule has 0 spiro atoms. The molecule has 0 radical (unpaired) electrons. The molecule has 3 aromatic rings. The van der Waals surface area contributed by atoms with Gasteiger partial charge >= 0.3 is 0 Å². The molecule has 0 unspecified atom stereocenters. The number of nitrogens with zero attached hydrogens (tertiary/aromatic N) is 4. The van der Waals surface area contributed by atoms with Gasteiger partial charge in [0.1, 0.15) is 17.8 Å². The fourth-order valence-corrected chi connectivity index (χ4v) is 3.67. The number of nitrogens with one attached hydrogen (secondary N) is 1. The number of hydrogen-bond acceptors (Lipinski definition) is 4. The molecule has 0 saturated carbocycles. The smallest absolute Gasteiger partial charge is 0.139 e. The zero-order valence-corrected chi connectivity index (χ0v) is 15.2. The van der Waals surface area contributed by atoms with Gasteiger partial charge in [0.2, 0.25) is 0 Å². The normalized spacial score (nSPS) is 20.6. The van der Waals surface area contributed by atoms with E-state index in [0.717, 1.165) is 42.3 Å². The van der Waals surface area contributed by atoms with Crippen LogP contribution in [-0.4, -0.2) is 31.8 Å². The molecule has 2 aromatic heterocycles. The van der Waals surface area contributed by atoms with E-state index in [-0.39, 0.29) is 12.1 Å². The minimum atomic E-state index is -0.0147. The Kier molecular flexibility index (Phi) is 4.50. The van der Waals surface area contributed by atoms with Gasteiger partial charge in [-0.05, 0) is 31.5 Å². The summed E-state index contributed by atoms with van der Waals surface area (Å²) in [6, 6.07) is 6.04. The highest BCUT2D eigenvalue weighted by Gasteiger charge is 2.32. The first-order valence-electron chi connectivity index (χ1n) is 8.64. The van der Waals surface area contributed by atoms with Crippen LogP contribution in [-0.2, 0) is 24.9 Å². The SMILES string of the molecule is CCn1ccnc1[C@H]1OCC[C@@H]1NCc1nc2cc(Cl)ccc2n1C. The minimum Gasteiger partial charge on any atom is -0.369 e. The van der Waals surface area contributed by atoms with Crippen LogP contribution in [0, 0.1) is 0 Å². The quantitative estimate of drug-likeness (QED) is 0.760. The maximum Gasteiger partial charge on any atom is 0.139 e. The fraction of sp³-hybridized carbons (Fsp3) is 0.444. The van der Waals surface area contributed by atoms with Gasteiger partial charge in [0.25, 0.3) is 0 Å². The molecule has 25 heavy (non-hydrogen) atoms. The Morgan fingerprint density at radius 2 is 2.28 bits per heavy atom. The standard InChI is InChI=1S/C18H22ClN5O/c1-3-24-8-7-20-18(24)17-13(6-9-25-17)21-11-16-22-14-10-12(19)4-5-15(14)23(16)2/h4-5,7-8,10,13,17,21H,3,6,9,11H2,1-2H3/t13-,17-/m0/s1. The molecule has 0 bridgehead atoms. The maximum absolute atomic E-state index is 6.07. The summed E-state index contributed by atoms with van der Waals surface area (Å²) in [6.45, 7) is 4.44. The summed E-state index contributed by atoms with van der Waals surface area (Å²) in [6.07, 6.45) is 4.80. The monoisotopic (exact) mass is 359 g/mol. The Hall–Kier alpha value is -1.89. The second-order valence-corrected chi connectivity index (χ2v) is 6.80. The van der Waals surface area contributed by atoms with E-state index in [1.54, 1.807) is 0 Å². The van der Waals surface area contributed by atoms with Crippen molar-refractivity contribution in [2.45, 2.75) is 38.6 Å². The van der Waals surface area contributed by atoms with Crippen LogP contribution in [0.15, 0.2) is 30.6 Å². The zero-order valence-electron chi connectivity index (χ0n) is 14.4. The molecule has 2 atom stereocenters. The first-order valence-corrected chi connectivity index (χ1v) is 9.02. The highest BCUT2D eigenvalue weighted by Crippen LogP contribution is 2.28. The van der Waals surface area contributed by atoms with Gasteiger partial charge in [-0.2, -0.15) is 0 Å². The summed E-state index contributed by atoms with van der Waals surface area (Å²) in [5, 5.41) is 4.32. The first-order chi connectivity index (χ1) is 12.2. The molecule has 132 valence electrons. The second kappa shape index (κ2) is 6.78. The van der Waals surface area contributed by atoms with E-state index in [1.807, 2.05) is 37.6 Å². The lowest BCUT2D eigenvalue weighted by molar-refractivity contribution is 0.0884. The Bertz CT molecular complexity index is 887. The van der Waals surface area contributed by atoms with Gasteiger partial charge < -0.3 is 19.2 Å². The van der Waals surface area contributed by atoms with Gasteiger partial charge in [-0.3, -0.25) is 0 Å². The Balaban J connectivity index is 1.52. The highest BCUT2D eigenvalue weighted by atomic mass is 35.5. The fourth-order valence-electron chi connectivity index (χ4n) is 3.50. The maximum atomic E-state index is 6.07. The van der Waals surface area contributed by atoms with Crippen LogP contribution in [0.1, 0.15) is 31.1 Å². The lowest BCUT2D eigenvalue weighted by Crippen LogP contribution is -2.33. The molecule has 1 N–H and O–H groups in total. The molecule has 1 fully saturated rings. The average molecular weight is 360 g/mol. The zero-order chi connectivity index (χ0) is 17.4. The molecular formula is C18H22ClN5O. The number of fused-ring (bicyclic) bond motifs is 1. The number of imidazole rings is 2. The van der Waals surface area contributed by atoms with Gasteiger partial charge in [-0.25, -0.2) is 9.97 Å². The van der Waals surface area contributed by atoms with Crippen molar-refractivity contribution in [1.29, 1.82) is 0 Å². The van der Waals surface area contributed by atoms with Crippen molar-refractivity contribution in [3.05, 3.63) is 47.3 Å². The average Bonchev–Trinajstić information content (AvgIpc) is 3.31. The van der Waals surface area contributed by atoms with E-state index in [2.05, 4.69) is 26.4 Å². The number of rotatable bonds is 5. The van der Waals surface area contributed by atoms with Crippen LogP contribution in [0.2, 0.25) is 5.02 Å². The molecule has 0 aliphatic carbocycles. The van der Waals surface area contributed by atoms with Crippen LogP contribution >= 0.6 is 11.6 Å². The third-order valence-corrected chi connectivity index (χ3v) is 5.13. The Morgan fingerprint density at radius 3 is 3.12 bits per heavy atom. The third kappa shape index (κ3) is 3.05. The summed E-state index contributed by atoms with van der Waals surface area (Å²) in [5.41, 5.74) is 2.01. The topological polar surface area (TPSA) is 56.9 Å². The lowest BCUT2D eigenvalue weighted by atomic mass is 10.1. The number of aromatic nitrogens is 4. The molecule has 1 saturated heterocycles. The van der Waals surface area contributed by atoms with E-state index in [4.69, 9.17) is 21.3 Å². The predicted octanol–water partition coefficient (Wildman–Crippen LogP) is 3.06. The van der Waals surface area contributed by atoms with Crippen molar-refractivity contribution in [1.82, 2.24) is 24.4 Å². The number of benzene rings is 1. The number of halogens is 1. The van der Waals surface area contributed by atoms with Crippen LogP contribution in [0.5, 0.6) is 0 Å². The van der Waals surface area contributed by atoms with Crippen LogP contribution in [0.25, 0.3) is 11.0 Å². The minimum absolute atomic E-state index is 0.0147. The van der Waals surface area contributed by atoms with E-state index < -0.39 is 0 Å². The van der Waals surface area contributed by atoms with Gasteiger partial charge in [-0.1, -0.05) is 11.6 Å². The third-order valence-electron chi connectivity index (χ3n) is 4.89. The molecule has 7 heteroatoms. The second-order valence-electron chi connectivity index (χ2n) is 6.36. The Labute approximate surface area is 151 Å². The molecule has 0 amide bonds. The van der Waals surface area contributed by atoms with Crippen molar-refractivity contribution in [2.24, 2.45) is 7.05 Å². The summed E-state index contributed by atoms with van der Waals surface area (Å²) >= 11 is 6.07. The van der Waals surface area contributed by atoms with Crippen molar-refractivity contribution < 1.29 is 4.74 Å². The van der Waals surface area contributed by atoms with Crippen LogP contribution in [0.3, 0.4) is 0 Å². The molecule has 1 aromatic carbocycles. The molecule has 6 nitrogen and oxygen atoms in total. The number of ether oxygens (including phenoxy) is 1. The summed E-state index contributed by atoms with van der Waals surface area (Å²) in [5.74, 6) is 1.98. The van der Waals surface area contributed by atoms with Crippen LogP contribution < -0.4 is 5.32 Å². The molecule has 1 aliphatic rings. The molecule has 3 heterocycles. The summed E-state index contributed by atoms with van der Waals surface area (Å²) in [4.78, 5) is 9.21. The van der Waals surface area contributed by atoms with E-state index in [0.29, 0.717) is 11.6 Å². The van der Waals surface area contributed by atoms with E-state index >= 15 is 0 Å². The van der Waals surface area contributed by atoms with Gasteiger partial charge in [0.05, 0.1) is 17.6 Å². The highest BCUT2D eigenvalue weighted by molar-refractivity contribution is 6.31. The van der Waals surface area contributed by atoms with Gasteiger partial charge in [0, 0.05) is 43.7 Å². The van der Waals surface area contributed by atoms with Crippen molar-refractivity contribution in [3.63, 3.8) is 0 Å². The molecule has 1 aliphatic heterocycles. The van der Waals surface area contributed by atoms with E-state index in [9.17, 15) is 0 Å². The number of aryl methyl sites for hydroxylation is 2. The van der Waals surface area contributed by atoms with Crippen molar-refractivity contribution in [2.75, 3.05) is 6.61 Å². The van der Waals surface area contributed by atoms with Gasteiger partial charge in [0.15, 0.2) is 0 Å². The van der Waals surface area contributed by atoms with Crippen molar-refractivity contribution >= 4 is 22.6 Å². The molecular weight excluding hydrogens is 338 g/mol. The van der Waals surface area contributed by atoms with Crippen molar-refractivity contribution in [3.8, 4) is 0 Å². The van der Waals surface area contributed by atoms with E-state index in [1.165, 1.54) is 0 Å². The number of hydrogen-bond donors (Lipinski definition) is 1. The largest absolute Gasteiger partial charge is 0.369 e. The summed E-state index contributed by atoms with van der Waals surface area (Å²) < 4.78 is 10.2. The Morgan fingerprint density at radius 1 is 1.40 bits per heavy atom. The van der Waals surface area contributed by atoms with Gasteiger partial charge in [-0.15, -0.1) is 0 Å². The predicted molar refractivity (Wildman–Crippen MR) is 97.6 cm³/mol.